The summed E-state index contributed by atoms with van der Waals surface area (Å²) >= 11 is 3.31. The molecule has 0 spiro atoms. The summed E-state index contributed by atoms with van der Waals surface area (Å²) in [5, 5.41) is 9.10. The molecule has 0 radical (unpaired) electrons. The summed E-state index contributed by atoms with van der Waals surface area (Å²) in [7, 11) is 0. The second kappa shape index (κ2) is 4.84. The van der Waals surface area contributed by atoms with Crippen molar-refractivity contribution in [3.8, 4) is 0 Å². The van der Waals surface area contributed by atoms with E-state index in [9.17, 15) is 4.79 Å². The summed E-state index contributed by atoms with van der Waals surface area (Å²) < 4.78 is 2.42. The molecular formula is C10H10BrClN2O2. The first kappa shape index (κ1) is 13.0. The third kappa shape index (κ3) is 2.05. The summed E-state index contributed by atoms with van der Waals surface area (Å²) in [6.07, 6.45) is 2.33. The van der Waals surface area contributed by atoms with E-state index in [4.69, 9.17) is 5.11 Å². The maximum absolute atomic E-state index is 11.1. The molecular weight excluding hydrogens is 295 g/mol. The van der Waals surface area contributed by atoms with E-state index in [2.05, 4.69) is 20.9 Å². The lowest BCUT2D eigenvalue weighted by molar-refractivity contribution is 0.0688. The summed E-state index contributed by atoms with van der Waals surface area (Å²) in [4.78, 5) is 15.3. The number of nitrogens with zero attached hydrogens (tertiary/aromatic N) is 2. The number of aromatic carboxylic acids is 1. The van der Waals surface area contributed by atoms with E-state index < -0.39 is 5.97 Å². The Morgan fingerprint density at radius 1 is 1.56 bits per heavy atom. The van der Waals surface area contributed by atoms with Crippen LogP contribution in [0.2, 0.25) is 0 Å². The van der Waals surface area contributed by atoms with Crippen LogP contribution >= 0.6 is 28.3 Å². The highest BCUT2D eigenvalue weighted by Crippen LogP contribution is 2.17. The zero-order valence-electron chi connectivity index (χ0n) is 8.48. The third-order valence-corrected chi connectivity index (χ3v) is 2.66. The van der Waals surface area contributed by atoms with E-state index in [1.54, 1.807) is 16.7 Å². The fourth-order valence-corrected chi connectivity index (χ4v) is 1.88. The molecule has 0 unspecified atom stereocenters. The maximum Gasteiger partial charge on any atom is 0.354 e. The van der Waals surface area contributed by atoms with E-state index in [0.717, 1.165) is 4.47 Å². The molecule has 0 aliphatic heterocycles. The number of aryl methyl sites for hydroxylation is 1. The molecule has 0 fully saturated rings. The molecule has 0 aliphatic carbocycles. The van der Waals surface area contributed by atoms with Crippen molar-refractivity contribution in [2.75, 3.05) is 0 Å². The van der Waals surface area contributed by atoms with Crippen LogP contribution in [0.5, 0.6) is 0 Å². The molecule has 0 saturated carbocycles. The quantitative estimate of drug-likeness (QED) is 0.928. The molecule has 0 aromatic carbocycles. The summed E-state index contributed by atoms with van der Waals surface area (Å²) in [6.45, 7) is 1.89. The van der Waals surface area contributed by atoms with Gasteiger partial charge in [-0.2, -0.15) is 0 Å². The van der Waals surface area contributed by atoms with Gasteiger partial charge >= 0.3 is 5.97 Å². The SMILES string of the molecule is CCc1nc2ccc(Br)cn2c1C(=O)O.Cl. The molecule has 86 valence electrons. The molecule has 0 atom stereocenters. The summed E-state index contributed by atoms with van der Waals surface area (Å²) in [6, 6.07) is 3.63. The van der Waals surface area contributed by atoms with Crippen molar-refractivity contribution >= 4 is 40.0 Å². The number of pyridine rings is 1. The van der Waals surface area contributed by atoms with Gasteiger partial charge < -0.3 is 5.11 Å². The number of imidazole rings is 1. The van der Waals surface area contributed by atoms with Crippen LogP contribution in [0.3, 0.4) is 0 Å². The Bertz CT molecular complexity index is 539. The number of halogens is 2. The van der Waals surface area contributed by atoms with Gasteiger partial charge in [-0.05, 0) is 34.5 Å². The fraction of sp³-hybridized carbons (Fsp3) is 0.200. The average molecular weight is 306 g/mol. The van der Waals surface area contributed by atoms with Crippen LogP contribution in [-0.2, 0) is 6.42 Å². The predicted molar refractivity (Wildman–Crippen MR) is 66.5 cm³/mol. The monoisotopic (exact) mass is 304 g/mol. The van der Waals surface area contributed by atoms with E-state index in [1.165, 1.54) is 0 Å². The molecule has 4 nitrogen and oxygen atoms in total. The van der Waals surface area contributed by atoms with Crippen molar-refractivity contribution in [2.24, 2.45) is 0 Å². The van der Waals surface area contributed by atoms with Crippen LogP contribution in [0, 0.1) is 0 Å². The predicted octanol–water partition coefficient (Wildman–Crippen LogP) is 2.78. The van der Waals surface area contributed by atoms with Gasteiger partial charge in [0.15, 0.2) is 5.69 Å². The van der Waals surface area contributed by atoms with Crippen LogP contribution < -0.4 is 0 Å². The molecule has 6 heteroatoms. The molecule has 0 saturated heterocycles. The molecule has 2 heterocycles. The maximum atomic E-state index is 11.1. The topological polar surface area (TPSA) is 54.6 Å². The number of hydrogen-bond donors (Lipinski definition) is 1. The molecule has 0 aliphatic rings. The van der Waals surface area contributed by atoms with E-state index in [-0.39, 0.29) is 18.1 Å². The Kier molecular flexibility index (Phi) is 3.93. The smallest absolute Gasteiger partial charge is 0.354 e. The van der Waals surface area contributed by atoms with Gasteiger partial charge in [-0.25, -0.2) is 9.78 Å². The molecule has 1 N–H and O–H groups in total. The minimum Gasteiger partial charge on any atom is -0.477 e. The lowest BCUT2D eigenvalue weighted by Crippen LogP contribution is -2.04. The highest BCUT2D eigenvalue weighted by molar-refractivity contribution is 9.10. The molecule has 0 amide bonds. The Morgan fingerprint density at radius 2 is 2.25 bits per heavy atom. The van der Waals surface area contributed by atoms with Crippen molar-refractivity contribution in [1.29, 1.82) is 0 Å². The van der Waals surface area contributed by atoms with Gasteiger partial charge in [0.1, 0.15) is 5.65 Å². The molecule has 2 aromatic heterocycles. The number of fused-ring (bicyclic) bond motifs is 1. The van der Waals surface area contributed by atoms with Crippen LogP contribution in [0.25, 0.3) is 5.65 Å². The molecule has 16 heavy (non-hydrogen) atoms. The zero-order chi connectivity index (χ0) is 11.0. The Hall–Kier alpha value is -1.07. The first-order valence-corrected chi connectivity index (χ1v) is 5.32. The van der Waals surface area contributed by atoms with Gasteiger partial charge in [-0.1, -0.05) is 6.92 Å². The van der Waals surface area contributed by atoms with Crippen molar-refractivity contribution in [1.82, 2.24) is 9.38 Å². The van der Waals surface area contributed by atoms with Crippen molar-refractivity contribution in [3.05, 3.63) is 34.2 Å². The first-order valence-electron chi connectivity index (χ1n) is 4.53. The van der Waals surface area contributed by atoms with Crippen LogP contribution in [0.4, 0.5) is 0 Å². The first-order chi connectivity index (χ1) is 7.13. The largest absolute Gasteiger partial charge is 0.477 e. The fourth-order valence-electron chi connectivity index (χ4n) is 1.54. The second-order valence-corrected chi connectivity index (χ2v) is 4.06. The van der Waals surface area contributed by atoms with E-state index >= 15 is 0 Å². The molecule has 0 bridgehead atoms. The zero-order valence-corrected chi connectivity index (χ0v) is 10.9. The minimum absolute atomic E-state index is 0. The van der Waals surface area contributed by atoms with E-state index in [1.807, 2.05) is 13.0 Å². The minimum atomic E-state index is -0.947. The number of rotatable bonds is 2. The lowest BCUT2D eigenvalue weighted by Gasteiger charge is -1.98. The second-order valence-electron chi connectivity index (χ2n) is 3.14. The normalized spacial score (nSPS) is 10.1. The summed E-state index contributed by atoms with van der Waals surface area (Å²) in [5.74, 6) is -0.947. The average Bonchev–Trinajstić information content (AvgIpc) is 2.55. The number of carbonyl (C=O) groups is 1. The summed E-state index contributed by atoms with van der Waals surface area (Å²) in [5.41, 5.74) is 1.52. The number of aromatic nitrogens is 2. The van der Waals surface area contributed by atoms with Crippen molar-refractivity contribution < 1.29 is 9.90 Å². The van der Waals surface area contributed by atoms with Crippen molar-refractivity contribution in [3.63, 3.8) is 0 Å². The van der Waals surface area contributed by atoms with Crippen molar-refractivity contribution in [2.45, 2.75) is 13.3 Å². The van der Waals surface area contributed by atoms with Gasteiger partial charge in [0, 0.05) is 10.7 Å². The molecule has 2 aromatic rings. The van der Waals surface area contributed by atoms with Gasteiger partial charge in [-0.3, -0.25) is 4.40 Å². The van der Waals surface area contributed by atoms with Gasteiger partial charge in [0.05, 0.1) is 5.69 Å². The Balaban J connectivity index is 0.00000128. The lowest BCUT2D eigenvalue weighted by atomic mass is 10.2. The highest BCUT2D eigenvalue weighted by atomic mass is 79.9. The Morgan fingerprint density at radius 3 is 2.81 bits per heavy atom. The number of carboxylic acid groups (broad SMARTS) is 1. The highest BCUT2D eigenvalue weighted by Gasteiger charge is 2.16. The van der Waals surface area contributed by atoms with Gasteiger partial charge in [0.2, 0.25) is 0 Å². The third-order valence-electron chi connectivity index (χ3n) is 2.19. The standard InChI is InChI=1S/C10H9BrN2O2.ClH/c1-2-7-9(10(14)15)13-5-6(11)3-4-8(13)12-7;/h3-5H,2H2,1H3,(H,14,15);1H. The van der Waals surface area contributed by atoms with Gasteiger partial charge in [0.25, 0.3) is 0 Å². The van der Waals surface area contributed by atoms with Crippen LogP contribution in [0.15, 0.2) is 22.8 Å². The number of carboxylic acids is 1. The van der Waals surface area contributed by atoms with Crippen LogP contribution in [0.1, 0.15) is 23.1 Å². The molecule has 2 rings (SSSR count). The van der Waals surface area contributed by atoms with Crippen LogP contribution in [-0.4, -0.2) is 20.5 Å². The number of hydrogen-bond acceptors (Lipinski definition) is 2. The Labute approximate surface area is 107 Å². The van der Waals surface area contributed by atoms with Gasteiger partial charge in [-0.15, -0.1) is 12.4 Å². The van der Waals surface area contributed by atoms with E-state index in [0.29, 0.717) is 17.8 Å².